The zero-order chi connectivity index (χ0) is 21.3. The van der Waals surface area contributed by atoms with Crippen molar-refractivity contribution in [1.29, 1.82) is 0 Å². The van der Waals surface area contributed by atoms with Crippen LogP contribution in [-0.2, 0) is 10.0 Å². The van der Waals surface area contributed by atoms with E-state index in [1.807, 2.05) is 41.8 Å². The maximum absolute atomic E-state index is 12.9. The van der Waals surface area contributed by atoms with Gasteiger partial charge in [0.25, 0.3) is 0 Å². The molecular weight excluding hydrogens is 506 g/mol. The molecule has 32 heavy (non-hydrogen) atoms. The molecule has 0 amide bonds. The van der Waals surface area contributed by atoms with Crippen molar-refractivity contribution in [2.75, 3.05) is 18.4 Å². The number of hydrogen-bond donors (Lipinski definition) is 1. The standard InChI is InChI=1S/C24H23N3O2S2.BrH/c28-31(29,27-15-4-1-5-16-27)20-13-11-19(12-14-20)23-17-30-24(26-23)25-22-10-6-8-18-7-2-3-9-21(18)22;/h2-3,6-14,17H,1,4-5,15-16H2,(H,25,26);1H. The Morgan fingerprint density at radius 1 is 0.875 bits per heavy atom. The van der Waals surface area contributed by atoms with E-state index in [0.717, 1.165) is 46.7 Å². The lowest BCUT2D eigenvalue weighted by atomic mass is 10.1. The normalized spacial score (nSPS) is 14.8. The lowest BCUT2D eigenvalue weighted by Crippen LogP contribution is -2.35. The van der Waals surface area contributed by atoms with Crippen LogP contribution in [-0.4, -0.2) is 30.8 Å². The molecule has 166 valence electrons. The molecule has 2 heterocycles. The quantitative estimate of drug-likeness (QED) is 0.322. The van der Waals surface area contributed by atoms with Crippen LogP contribution in [0.2, 0.25) is 0 Å². The van der Waals surface area contributed by atoms with E-state index in [9.17, 15) is 8.42 Å². The Hall–Kier alpha value is -2.26. The fraction of sp³-hybridized carbons (Fsp3) is 0.208. The second kappa shape index (κ2) is 9.70. The Kier molecular flexibility index (Phi) is 6.95. The third-order valence-corrected chi connectivity index (χ3v) is 8.31. The molecule has 0 spiro atoms. The minimum absolute atomic E-state index is 0. The Labute approximate surface area is 202 Å². The van der Waals surface area contributed by atoms with E-state index < -0.39 is 10.0 Å². The highest BCUT2D eigenvalue weighted by Crippen LogP contribution is 2.31. The van der Waals surface area contributed by atoms with E-state index in [4.69, 9.17) is 4.98 Å². The first-order chi connectivity index (χ1) is 15.1. The fourth-order valence-corrected chi connectivity index (χ4v) is 6.21. The van der Waals surface area contributed by atoms with Crippen molar-refractivity contribution in [3.05, 3.63) is 72.1 Å². The van der Waals surface area contributed by atoms with E-state index in [-0.39, 0.29) is 17.0 Å². The van der Waals surface area contributed by atoms with Gasteiger partial charge in [-0.2, -0.15) is 4.31 Å². The first-order valence-electron chi connectivity index (χ1n) is 10.4. The number of sulfonamides is 1. The number of nitrogens with one attached hydrogen (secondary N) is 1. The summed E-state index contributed by atoms with van der Waals surface area (Å²) in [5.74, 6) is 0. The van der Waals surface area contributed by atoms with Crippen LogP contribution in [0.5, 0.6) is 0 Å². The van der Waals surface area contributed by atoms with Crippen molar-refractivity contribution >= 4 is 59.9 Å². The summed E-state index contributed by atoms with van der Waals surface area (Å²) >= 11 is 1.53. The Morgan fingerprint density at radius 3 is 2.38 bits per heavy atom. The van der Waals surface area contributed by atoms with Crippen LogP contribution >= 0.6 is 28.3 Å². The SMILES string of the molecule is Br.O=S(=O)(c1ccc(-c2csc(Nc3cccc4ccccc34)n2)cc1)N1CCCCC1. The molecule has 4 aromatic rings. The van der Waals surface area contributed by atoms with Crippen molar-refractivity contribution in [2.24, 2.45) is 0 Å². The number of rotatable bonds is 5. The number of nitrogens with zero attached hydrogens (tertiary/aromatic N) is 2. The molecule has 0 radical (unpaired) electrons. The summed E-state index contributed by atoms with van der Waals surface area (Å²) in [4.78, 5) is 5.06. The number of thiazole rings is 1. The molecule has 1 aliphatic heterocycles. The highest BCUT2D eigenvalue weighted by atomic mass is 79.9. The molecule has 1 saturated heterocycles. The van der Waals surface area contributed by atoms with Crippen LogP contribution in [0.4, 0.5) is 10.8 Å². The molecule has 0 aliphatic carbocycles. The molecule has 5 rings (SSSR count). The van der Waals surface area contributed by atoms with Crippen molar-refractivity contribution in [3.8, 4) is 11.3 Å². The number of piperidine rings is 1. The third-order valence-electron chi connectivity index (χ3n) is 5.64. The predicted molar refractivity (Wildman–Crippen MR) is 138 cm³/mol. The van der Waals surface area contributed by atoms with E-state index in [0.29, 0.717) is 18.0 Å². The minimum Gasteiger partial charge on any atom is -0.331 e. The number of aromatic nitrogens is 1. The largest absolute Gasteiger partial charge is 0.331 e. The molecule has 1 N–H and O–H groups in total. The van der Waals surface area contributed by atoms with Crippen molar-refractivity contribution < 1.29 is 8.42 Å². The van der Waals surface area contributed by atoms with Gasteiger partial charge in [-0.15, -0.1) is 28.3 Å². The van der Waals surface area contributed by atoms with Crippen molar-refractivity contribution in [3.63, 3.8) is 0 Å². The number of anilines is 2. The Bertz CT molecular complexity index is 1310. The number of fused-ring (bicyclic) bond motifs is 1. The summed E-state index contributed by atoms with van der Waals surface area (Å²) in [6, 6.07) is 21.5. The maximum atomic E-state index is 12.9. The molecular formula is C24H24BrN3O2S2. The van der Waals surface area contributed by atoms with Crippen LogP contribution in [0.1, 0.15) is 19.3 Å². The average Bonchev–Trinajstić information content (AvgIpc) is 3.28. The van der Waals surface area contributed by atoms with Crippen LogP contribution in [0.25, 0.3) is 22.0 Å². The zero-order valence-electron chi connectivity index (χ0n) is 17.4. The van der Waals surface area contributed by atoms with E-state index in [2.05, 4.69) is 23.5 Å². The summed E-state index contributed by atoms with van der Waals surface area (Å²) < 4.78 is 27.3. The predicted octanol–water partition coefficient (Wildman–Crippen LogP) is 6.46. The molecule has 3 aromatic carbocycles. The van der Waals surface area contributed by atoms with Gasteiger partial charge in [0.05, 0.1) is 10.6 Å². The highest BCUT2D eigenvalue weighted by Gasteiger charge is 2.25. The van der Waals surface area contributed by atoms with Gasteiger partial charge in [-0.25, -0.2) is 13.4 Å². The van der Waals surface area contributed by atoms with E-state index in [1.54, 1.807) is 16.4 Å². The first kappa shape index (κ1) is 22.9. The monoisotopic (exact) mass is 529 g/mol. The Balaban J connectivity index is 0.00000245. The summed E-state index contributed by atoms with van der Waals surface area (Å²) in [6.07, 6.45) is 2.97. The number of benzene rings is 3. The molecule has 5 nitrogen and oxygen atoms in total. The molecule has 0 unspecified atom stereocenters. The van der Waals surface area contributed by atoms with Gasteiger partial charge in [-0.1, -0.05) is 55.0 Å². The zero-order valence-corrected chi connectivity index (χ0v) is 20.7. The lowest BCUT2D eigenvalue weighted by Gasteiger charge is -2.25. The summed E-state index contributed by atoms with van der Waals surface area (Å²) in [7, 11) is -3.41. The van der Waals surface area contributed by atoms with Crippen LogP contribution < -0.4 is 5.32 Å². The minimum atomic E-state index is -3.41. The lowest BCUT2D eigenvalue weighted by molar-refractivity contribution is 0.346. The number of hydrogen-bond acceptors (Lipinski definition) is 5. The number of halogens is 1. The maximum Gasteiger partial charge on any atom is 0.243 e. The molecule has 0 saturated carbocycles. The smallest absolute Gasteiger partial charge is 0.243 e. The second-order valence-electron chi connectivity index (χ2n) is 7.68. The first-order valence-corrected chi connectivity index (χ1v) is 12.7. The van der Waals surface area contributed by atoms with Crippen molar-refractivity contribution in [2.45, 2.75) is 24.2 Å². The second-order valence-corrected chi connectivity index (χ2v) is 10.5. The van der Waals surface area contributed by atoms with E-state index >= 15 is 0 Å². The summed E-state index contributed by atoms with van der Waals surface area (Å²) in [5.41, 5.74) is 2.75. The summed E-state index contributed by atoms with van der Waals surface area (Å²) in [5, 5.41) is 8.53. The van der Waals surface area contributed by atoms with Gasteiger partial charge in [-0.05, 0) is 36.4 Å². The van der Waals surface area contributed by atoms with Gasteiger partial charge < -0.3 is 5.32 Å². The highest BCUT2D eigenvalue weighted by molar-refractivity contribution is 8.93. The van der Waals surface area contributed by atoms with Crippen LogP contribution in [0, 0.1) is 0 Å². The molecule has 0 bridgehead atoms. The van der Waals surface area contributed by atoms with Crippen molar-refractivity contribution in [1.82, 2.24) is 9.29 Å². The van der Waals surface area contributed by atoms with Gasteiger partial charge in [0, 0.05) is 35.1 Å². The van der Waals surface area contributed by atoms with Gasteiger partial charge in [-0.3, -0.25) is 0 Å². The van der Waals surface area contributed by atoms with Gasteiger partial charge in [0.1, 0.15) is 0 Å². The topological polar surface area (TPSA) is 62.3 Å². The van der Waals surface area contributed by atoms with E-state index in [1.165, 1.54) is 16.7 Å². The van der Waals surface area contributed by atoms with Gasteiger partial charge >= 0.3 is 0 Å². The molecule has 1 aliphatic rings. The van der Waals surface area contributed by atoms with Gasteiger partial charge in [0.2, 0.25) is 10.0 Å². The molecule has 0 atom stereocenters. The molecule has 8 heteroatoms. The molecule has 1 aromatic heterocycles. The molecule has 1 fully saturated rings. The Morgan fingerprint density at radius 2 is 1.59 bits per heavy atom. The van der Waals surface area contributed by atoms with Crippen LogP contribution in [0.3, 0.4) is 0 Å². The van der Waals surface area contributed by atoms with Crippen LogP contribution in [0.15, 0.2) is 77.0 Å². The summed E-state index contributed by atoms with van der Waals surface area (Å²) in [6.45, 7) is 1.22. The third kappa shape index (κ3) is 4.59. The fourth-order valence-electron chi connectivity index (χ4n) is 3.97. The van der Waals surface area contributed by atoms with Gasteiger partial charge in [0.15, 0.2) is 5.13 Å². The average molecular weight is 531 g/mol.